The molecule has 5 nitrogen and oxygen atoms in total. The standard InChI is InChI=1S/C7H6O5.Na/c8-3-1-4(9)6(7(11)12)5(10)2-3;/h1-2,8-10H,(H,11,12);/q;+1/p-1. The Morgan fingerprint density at radius 1 is 1.15 bits per heavy atom. The number of aromatic carboxylic acids is 1. The van der Waals surface area contributed by atoms with Gasteiger partial charge in [-0.15, -0.1) is 0 Å². The van der Waals surface area contributed by atoms with Crippen LogP contribution in [0.15, 0.2) is 12.1 Å². The van der Waals surface area contributed by atoms with E-state index in [-0.39, 0.29) is 29.6 Å². The predicted molar refractivity (Wildman–Crippen MR) is 35.8 cm³/mol. The average molecular weight is 192 g/mol. The number of carbonyl (C=O) groups excluding carboxylic acids is 1. The smallest absolute Gasteiger partial charge is 0.545 e. The van der Waals surface area contributed by atoms with Crippen LogP contribution in [0.3, 0.4) is 0 Å². The molecule has 0 unspecified atom stereocenters. The van der Waals surface area contributed by atoms with Crippen LogP contribution in [0, 0.1) is 0 Å². The summed E-state index contributed by atoms with van der Waals surface area (Å²) in [4.78, 5) is 10.2. The molecule has 0 aliphatic heterocycles. The zero-order valence-corrected chi connectivity index (χ0v) is 8.81. The van der Waals surface area contributed by atoms with Crippen LogP contribution < -0.4 is 34.7 Å². The third kappa shape index (κ3) is 2.51. The van der Waals surface area contributed by atoms with E-state index < -0.39 is 28.8 Å². The largest absolute Gasteiger partial charge is 1.00 e. The Kier molecular flexibility index (Phi) is 4.06. The molecule has 1 aromatic carbocycles. The van der Waals surface area contributed by atoms with Crippen molar-refractivity contribution in [3.8, 4) is 17.2 Å². The van der Waals surface area contributed by atoms with Crippen molar-refractivity contribution in [1.82, 2.24) is 0 Å². The molecule has 3 N–H and O–H groups in total. The predicted octanol–water partition coefficient (Wildman–Crippen LogP) is -3.83. The van der Waals surface area contributed by atoms with Crippen LogP contribution in [0.1, 0.15) is 10.4 Å². The summed E-state index contributed by atoms with van der Waals surface area (Å²) in [6, 6.07) is 1.59. The quantitative estimate of drug-likeness (QED) is 0.396. The molecule has 64 valence electrons. The third-order valence-electron chi connectivity index (χ3n) is 1.29. The van der Waals surface area contributed by atoms with Crippen molar-refractivity contribution >= 4 is 5.97 Å². The van der Waals surface area contributed by atoms with Crippen LogP contribution in [-0.2, 0) is 0 Å². The molecule has 0 saturated carbocycles. The molecule has 0 heterocycles. The second-order valence-corrected chi connectivity index (χ2v) is 2.15. The summed E-state index contributed by atoms with van der Waals surface area (Å²) in [5, 5.41) is 36.8. The minimum absolute atomic E-state index is 0. The van der Waals surface area contributed by atoms with Crippen molar-refractivity contribution in [2.24, 2.45) is 0 Å². The van der Waals surface area contributed by atoms with Crippen molar-refractivity contribution in [1.29, 1.82) is 0 Å². The van der Waals surface area contributed by atoms with Crippen LogP contribution in [0.2, 0.25) is 0 Å². The van der Waals surface area contributed by atoms with Crippen molar-refractivity contribution in [3.63, 3.8) is 0 Å². The molecule has 0 aromatic heterocycles. The number of phenols is 3. The van der Waals surface area contributed by atoms with E-state index in [9.17, 15) is 9.90 Å². The number of carboxylic acid groups (broad SMARTS) is 1. The fraction of sp³-hybridized carbons (Fsp3) is 0. The summed E-state index contributed by atoms with van der Waals surface area (Å²) in [6.07, 6.45) is 0. The summed E-state index contributed by atoms with van der Waals surface area (Å²) >= 11 is 0. The first-order valence-electron chi connectivity index (χ1n) is 2.98. The topological polar surface area (TPSA) is 101 Å². The van der Waals surface area contributed by atoms with Crippen LogP contribution >= 0.6 is 0 Å². The van der Waals surface area contributed by atoms with Gasteiger partial charge in [-0.3, -0.25) is 0 Å². The molecule has 0 fully saturated rings. The number of benzene rings is 1. The Labute approximate surface area is 95.5 Å². The molecule has 0 radical (unpaired) electrons. The van der Waals surface area contributed by atoms with E-state index in [4.69, 9.17) is 15.3 Å². The Morgan fingerprint density at radius 3 is 1.85 bits per heavy atom. The molecule has 0 saturated heterocycles. The van der Waals surface area contributed by atoms with Gasteiger partial charge in [0, 0.05) is 12.1 Å². The zero-order chi connectivity index (χ0) is 9.30. The second kappa shape index (κ2) is 4.36. The average Bonchev–Trinajstić information content (AvgIpc) is 1.82. The molecule has 0 atom stereocenters. The van der Waals surface area contributed by atoms with Crippen LogP contribution in [0.4, 0.5) is 0 Å². The summed E-state index contributed by atoms with van der Waals surface area (Å²) in [6.45, 7) is 0. The Balaban J connectivity index is 0.00000144. The van der Waals surface area contributed by atoms with Gasteiger partial charge < -0.3 is 25.2 Å². The number of hydrogen-bond donors (Lipinski definition) is 3. The van der Waals surface area contributed by atoms with Gasteiger partial charge in [-0.2, -0.15) is 0 Å². The number of carboxylic acids is 1. The van der Waals surface area contributed by atoms with Crippen LogP contribution in [0.25, 0.3) is 0 Å². The van der Waals surface area contributed by atoms with Gasteiger partial charge in [0.1, 0.15) is 17.2 Å². The Bertz CT molecular complexity index is 313. The maximum absolute atomic E-state index is 10.2. The number of hydrogen-bond acceptors (Lipinski definition) is 5. The second-order valence-electron chi connectivity index (χ2n) is 2.15. The van der Waals surface area contributed by atoms with Crippen molar-refractivity contribution in [2.45, 2.75) is 0 Å². The summed E-state index contributed by atoms with van der Waals surface area (Å²) in [5.41, 5.74) is -0.729. The Hall–Kier alpha value is -0.910. The van der Waals surface area contributed by atoms with E-state index in [0.717, 1.165) is 12.1 Å². The van der Waals surface area contributed by atoms with Crippen molar-refractivity contribution in [3.05, 3.63) is 17.7 Å². The van der Waals surface area contributed by atoms with Crippen molar-refractivity contribution < 1.29 is 54.8 Å². The van der Waals surface area contributed by atoms with Gasteiger partial charge >= 0.3 is 29.6 Å². The van der Waals surface area contributed by atoms with E-state index in [1.54, 1.807) is 0 Å². The SMILES string of the molecule is O=C([O-])c1c(O)cc(O)cc1O.[Na+]. The summed E-state index contributed by atoms with van der Waals surface area (Å²) < 4.78 is 0. The minimum atomic E-state index is -1.70. The number of rotatable bonds is 1. The molecule has 0 aliphatic rings. The molecule has 13 heavy (non-hydrogen) atoms. The van der Waals surface area contributed by atoms with Gasteiger partial charge in [0.05, 0.1) is 11.5 Å². The van der Waals surface area contributed by atoms with Gasteiger partial charge in [0.15, 0.2) is 0 Å². The van der Waals surface area contributed by atoms with Crippen molar-refractivity contribution in [2.75, 3.05) is 0 Å². The molecular weight excluding hydrogens is 187 g/mol. The third-order valence-corrected chi connectivity index (χ3v) is 1.29. The first kappa shape index (κ1) is 12.1. The summed E-state index contributed by atoms with van der Waals surface area (Å²) in [5.74, 6) is -3.58. The van der Waals surface area contributed by atoms with E-state index >= 15 is 0 Å². The molecule has 0 bridgehead atoms. The molecule has 1 rings (SSSR count). The molecule has 1 aromatic rings. The molecule has 0 aliphatic carbocycles. The van der Waals surface area contributed by atoms with E-state index in [2.05, 4.69) is 0 Å². The van der Waals surface area contributed by atoms with Gasteiger partial charge in [-0.1, -0.05) is 0 Å². The number of phenolic OH excluding ortho intramolecular Hbond substituents is 1. The van der Waals surface area contributed by atoms with Gasteiger partial charge in [-0.05, 0) is 0 Å². The fourth-order valence-corrected chi connectivity index (χ4v) is 0.807. The minimum Gasteiger partial charge on any atom is -0.545 e. The maximum Gasteiger partial charge on any atom is 1.00 e. The van der Waals surface area contributed by atoms with E-state index in [1.165, 1.54) is 0 Å². The van der Waals surface area contributed by atoms with Crippen LogP contribution in [0.5, 0.6) is 17.2 Å². The number of aromatic hydroxyl groups is 3. The van der Waals surface area contributed by atoms with Gasteiger partial charge in [0.25, 0.3) is 0 Å². The fourth-order valence-electron chi connectivity index (χ4n) is 0.807. The molecule has 0 amide bonds. The number of carbonyl (C=O) groups is 1. The molecular formula is C7H5NaO5. The first-order valence-corrected chi connectivity index (χ1v) is 2.98. The molecule has 6 heteroatoms. The first-order chi connectivity index (χ1) is 5.52. The molecule has 0 spiro atoms. The monoisotopic (exact) mass is 192 g/mol. The van der Waals surface area contributed by atoms with Crippen LogP contribution in [-0.4, -0.2) is 21.3 Å². The van der Waals surface area contributed by atoms with E-state index in [0.29, 0.717) is 0 Å². The van der Waals surface area contributed by atoms with Gasteiger partial charge in [0.2, 0.25) is 0 Å². The van der Waals surface area contributed by atoms with Gasteiger partial charge in [-0.25, -0.2) is 0 Å². The van der Waals surface area contributed by atoms with E-state index in [1.807, 2.05) is 0 Å². The maximum atomic E-state index is 10.2. The normalized spacial score (nSPS) is 8.92. The summed E-state index contributed by atoms with van der Waals surface area (Å²) in [7, 11) is 0. The Morgan fingerprint density at radius 2 is 1.54 bits per heavy atom. The zero-order valence-electron chi connectivity index (χ0n) is 6.81.